The van der Waals surface area contributed by atoms with Crippen molar-refractivity contribution in [3.05, 3.63) is 11.8 Å². The molecule has 1 heterocycles. The van der Waals surface area contributed by atoms with Gasteiger partial charge in [0.15, 0.2) is 16.7 Å². The fraction of sp³-hybridized carbons (Fsp3) is 0.615. The first-order valence-electron chi connectivity index (χ1n) is 6.58. The highest BCUT2D eigenvalue weighted by Gasteiger charge is 2.34. The van der Waals surface area contributed by atoms with E-state index in [4.69, 9.17) is 0 Å². The third-order valence-corrected chi connectivity index (χ3v) is 3.03. The van der Waals surface area contributed by atoms with Gasteiger partial charge in [-0.05, 0) is 11.7 Å². The van der Waals surface area contributed by atoms with E-state index in [-0.39, 0.29) is 22.9 Å². The number of alkyl halides is 3. The summed E-state index contributed by atoms with van der Waals surface area (Å²) in [5.41, 5.74) is 0.987. The molecule has 1 N–H and O–H groups in total. The number of ether oxygens (including phenoxy) is 1. The number of rotatable bonds is 4. The van der Waals surface area contributed by atoms with Gasteiger partial charge in [-0.3, -0.25) is 5.01 Å². The Labute approximate surface area is 136 Å². The Morgan fingerprint density at radius 1 is 1.35 bits per heavy atom. The normalized spacial score (nSPS) is 12.0. The van der Waals surface area contributed by atoms with E-state index in [0.717, 1.165) is 17.8 Å². The lowest BCUT2D eigenvalue weighted by Crippen LogP contribution is -2.47. The van der Waals surface area contributed by atoms with Gasteiger partial charge in [0.05, 0.1) is 7.11 Å². The van der Waals surface area contributed by atoms with Crippen LogP contribution in [-0.2, 0) is 10.9 Å². The lowest BCUT2D eigenvalue weighted by atomic mass is 9.97. The van der Waals surface area contributed by atoms with Gasteiger partial charge < -0.3 is 4.74 Å². The van der Waals surface area contributed by atoms with Gasteiger partial charge in [-0.15, -0.1) is 0 Å². The van der Waals surface area contributed by atoms with Crippen molar-refractivity contribution < 1.29 is 22.7 Å². The number of aromatic nitrogens is 2. The molecular formula is C13H19F3N4O2S. The van der Waals surface area contributed by atoms with Crippen molar-refractivity contribution in [3.8, 4) is 0 Å². The predicted octanol–water partition coefficient (Wildman–Crippen LogP) is 3.34. The number of nitrogens with one attached hydrogen (secondary N) is 1. The molecule has 0 aliphatic heterocycles. The van der Waals surface area contributed by atoms with Crippen LogP contribution < -0.4 is 10.4 Å². The van der Waals surface area contributed by atoms with Gasteiger partial charge in [-0.25, -0.2) is 20.2 Å². The second-order valence-electron chi connectivity index (χ2n) is 5.85. The molecule has 1 aromatic rings. The Kier molecular flexibility index (Phi) is 6.09. The van der Waals surface area contributed by atoms with Crippen molar-refractivity contribution >= 4 is 23.7 Å². The number of methoxy groups -OCH3 is 1. The van der Waals surface area contributed by atoms with Crippen molar-refractivity contribution in [1.82, 2.24) is 15.4 Å². The van der Waals surface area contributed by atoms with Gasteiger partial charge in [-0.1, -0.05) is 32.5 Å². The maximum atomic E-state index is 13.0. The van der Waals surface area contributed by atoms with Gasteiger partial charge >= 0.3 is 12.3 Å². The minimum absolute atomic E-state index is 0.0413. The number of thioether (sulfide) groups is 1. The average molecular weight is 352 g/mol. The molecular weight excluding hydrogens is 333 g/mol. The highest BCUT2D eigenvalue weighted by Crippen LogP contribution is 2.31. The number of amides is 1. The zero-order valence-electron chi connectivity index (χ0n) is 13.5. The Morgan fingerprint density at radius 3 is 2.39 bits per heavy atom. The van der Waals surface area contributed by atoms with Crippen LogP contribution in [0.1, 0.15) is 26.5 Å². The smallest absolute Gasteiger partial charge is 0.433 e. The summed E-state index contributed by atoms with van der Waals surface area (Å²) in [5, 5.41) is 1.18. The van der Waals surface area contributed by atoms with E-state index >= 15 is 0 Å². The molecule has 0 unspecified atom stereocenters. The van der Waals surface area contributed by atoms with E-state index < -0.39 is 18.0 Å². The fourth-order valence-electron chi connectivity index (χ4n) is 1.60. The van der Waals surface area contributed by atoms with Crippen LogP contribution in [0.4, 0.5) is 23.8 Å². The highest BCUT2D eigenvalue weighted by molar-refractivity contribution is 7.98. The van der Waals surface area contributed by atoms with E-state index in [0.29, 0.717) is 0 Å². The van der Waals surface area contributed by atoms with Crippen LogP contribution in [0.5, 0.6) is 0 Å². The van der Waals surface area contributed by atoms with Crippen molar-refractivity contribution in [2.45, 2.75) is 32.1 Å². The molecule has 0 saturated heterocycles. The number of nitrogens with zero attached hydrogens (tertiary/aromatic N) is 3. The summed E-state index contributed by atoms with van der Waals surface area (Å²) >= 11 is 0.980. The van der Waals surface area contributed by atoms with E-state index in [1.165, 1.54) is 12.1 Å². The summed E-state index contributed by atoms with van der Waals surface area (Å²) < 4.78 is 43.5. The second kappa shape index (κ2) is 7.24. The summed E-state index contributed by atoms with van der Waals surface area (Å²) in [6.45, 7) is 5.85. The molecule has 0 bridgehead atoms. The standard InChI is InChI=1S/C13H19F3N4O2S/c1-12(2,3)7-20(19-11(21)22-4)9-6-8(13(14,15)16)17-10(18-9)23-5/h6H,7H2,1-5H3,(H,19,21). The summed E-state index contributed by atoms with van der Waals surface area (Å²) in [6, 6.07) is 0.793. The van der Waals surface area contributed by atoms with Crippen LogP contribution in [0, 0.1) is 5.41 Å². The van der Waals surface area contributed by atoms with Crippen molar-refractivity contribution in [1.29, 1.82) is 0 Å². The van der Waals surface area contributed by atoms with Crippen LogP contribution in [0.25, 0.3) is 0 Å². The molecule has 1 rings (SSSR count). The number of hydrazine groups is 1. The van der Waals surface area contributed by atoms with Crippen LogP contribution in [0.2, 0.25) is 0 Å². The first kappa shape index (κ1) is 19.3. The fourth-order valence-corrected chi connectivity index (χ4v) is 1.97. The third kappa shape index (κ3) is 6.12. The number of anilines is 1. The summed E-state index contributed by atoms with van der Waals surface area (Å²) in [6.07, 6.45) is -3.84. The Morgan fingerprint density at radius 2 is 1.96 bits per heavy atom. The van der Waals surface area contributed by atoms with Gasteiger partial charge in [-0.2, -0.15) is 13.2 Å². The van der Waals surface area contributed by atoms with Gasteiger partial charge in [0.1, 0.15) is 0 Å². The topological polar surface area (TPSA) is 67.3 Å². The Hall–Kier alpha value is -1.71. The van der Waals surface area contributed by atoms with E-state index in [2.05, 4.69) is 20.1 Å². The van der Waals surface area contributed by atoms with Crippen molar-refractivity contribution in [2.75, 3.05) is 24.9 Å². The zero-order valence-corrected chi connectivity index (χ0v) is 14.3. The number of carbonyl (C=O) groups excluding carboxylic acids is 1. The molecule has 0 spiro atoms. The molecule has 0 aliphatic carbocycles. The van der Waals surface area contributed by atoms with E-state index in [9.17, 15) is 18.0 Å². The third-order valence-electron chi connectivity index (χ3n) is 2.49. The minimum atomic E-state index is -4.61. The SMILES string of the molecule is COC(=O)NN(CC(C)(C)C)c1cc(C(F)(F)F)nc(SC)n1. The lowest BCUT2D eigenvalue weighted by molar-refractivity contribution is -0.141. The van der Waals surface area contributed by atoms with E-state index in [1.54, 1.807) is 6.26 Å². The first-order chi connectivity index (χ1) is 10.5. The molecule has 1 aromatic heterocycles. The molecule has 6 nitrogen and oxygen atoms in total. The summed E-state index contributed by atoms with van der Waals surface area (Å²) in [4.78, 5) is 19.0. The van der Waals surface area contributed by atoms with Gasteiger partial charge in [0, 0.05) is 12.6 Å². The first-order valence-corrected chi connectivity index (χ1v) is 7.81. The molecule has 0 atom stereocenters. The monoisotopic (exact) mass is 352 g/mol. The van der Waals surface area contributed by atoms with Crippen molar-refractivity contribution in [3.63, 3.8) is 0 Å². The van der Waals surface area contributed by atoms with E-state index in [1.807, 2.05) is 20.8 Å². The molecule has 23 heavy (non-hydrogen) atoms. The molecule has 0 fully saturated rings. The van der Waals surface area contributed by atoms with Gasteiger partial charge in [0.25, 0.3) is 0 Å². The largest absolute Gasteiger partial charge is 0.452 e. The minimum Gasteiger partial charge on any atom is -0.452 e. The number of halogens is 3. The average Bonchev–Trinajstić information content (AvgIpc) is 2.43. The molecule has 10 heteroatoms. The van der Waals surface area contributed by atoms with Crippen LogP contribution >= 0.6 is 11.8 Å². The quantitative estimate of drug-likeness (QED) is 0.509. The second-order valence-corrected chi connectivity index (χ2v) is 6.62. The maximum Gasteiger partial charge on any atom is 0.433 e. The van der Waals surface area contributed by atoms with Crippen LogP contribution in [0.15, 0.2) is 11.2 Å². The number of hydrogen-bond acceptors (Lipinski definition) is 6. The molecule has 0 aromatic carbocycles. The zero-order chi connectivity index (χ0) is 17.8. The summed E-state index contributed by atoms with van der Waals surface area (Å²) in [7, 11) is 1.17. The van der Waals surface area contributed by atoms with Crippen molar-refractivity contribution in [2.24, 2.45) is 5.41 Å². The molecule has 1 amide bonds. The Bertz CT molecular complexity index is 561. The number of carbonyl (C=O) groups is 1. The molecule has 0 saturated carbocycles. The lowest BCUT2D eigenvalue weighted by Gasteiger charge is -2.30. The molecule has 0 radical (unpaired) electrons. The Balaban J connectivity index is 3.30. The van der Waals surface area contributed by atoms with Crippen LogP contribution in [-0.4, -0.2) is 36.0 Å². The molecule has 130 valence electrons. The number of hydrogen-bond donors (Lipinski definition) is 1. The van der Waals surface area contributed by atoms with Crippen LogP contribution in [0.3, 0.4) is 0 Å². The highest BCUT2D eigenvalue weighted by atomic mass is 32.2. The maximum absolute atomic E-state index is 13.0. The summed E-state index contributed by atoms with van der Waals surface area (Å²) in [5.74, 6) is -0.0583. The predicted molar refractivity (Wildman–Crippen MR) is 81.2 cm³/mol. The molecule has 0 aliphatic rings. The van der Waals surface area contributed by atoms with Gasteiger partial charge in [0.2, 0.25) is 0 Å².